The molecule has 1 aromatic rings. The third-order valence-corrected chi connectivity index (χ3v) is 2.27. The molecule has 0 unspecified atom stereocenters. The Morgan fingerprint density at radius 3 is 2.81 bits per heavy atom. The first-order valence-electron chi connectivity index (χ1n) is 5.39. The van der Waals surface area contributed by atoms with Gasteiger partial charge in [-0.05, 0) is 30.5 Å². The molecule has 0 spiro atoms. The van der Waals surface area contributed by atoms with Crippen molar-refractivity contribution in [1.82, 2.24) is 0 Å². The lowest BCUT2D eigenvalue weighted by molar-refractivity contribution is 0.108. The van der Waals surface area contributed by atoms with Crippen LogP contribution in [0.2, 0.25) is 0 Å². The van der Waals surface area contributed by atoms with Crippen molar-refractivity contribution < 1.29 is 9.13 Å². The molecular formula is C13H16FNO. The Bertz CT molecular complexity index is 382. The average molecular weight is 221 g/mol. The highest BCUT2D eigenvalue weighted by molar-refractivity contribution is 5.33. The van der Waals surface area contributed by atoms with Crippen molar-refractivity contribution in [3.63, 3.8) is 0 Å². The van der Waals surface area contributed by atoms with Crippen molar-refractivity contribution in [2.45, 2.75) is 26.9 Å². The smallest absolute Gasteiger partial charge is 0.128 e. The number of halogens is 1. The molecule has 1 rings (SSSR count). The molecule has 0 aliphatic heterocycles. The van der Waals surface area contributed by atoms with Crippen LogP contribution in [0.5, 0.6) is 0 Å². The van der Waals surface area contributed by atoms with Crippen LogP contribution in [0.25, 0.3) is 0 Å². The van der Waals surface area contributed by atoms with E-state index >= 15 is 0 Å². The van der Waals surface area contributed by atoms with Crippen molar-refractivity contribution >= 4 is 0 Å². The average Bonchev–Trinajstić information content (AvgIpc) is 2.26. The minimum atomic E-state index is -0.316. The Morgan fingerprint density at radius 1 is 1.44 bits per heavy atom. The summed E-state index contributed by atoms with van der Waals surface area (Å²) in [5.41, 5.74) is 0.909. The summed E-state index contributed by atoms with van der Waals surface area (Å²) in [6.45, 7) is 5.07. The first-order valence-corrected chi connectivity index (χ1v) is 5.39. The molecule has 0 aromatic heterocycles. The zero-order chi connectivity index (χ0) is 12.0. The SMILES string of the molecule is CC(C)CCOCc1cc(C#N)ccc1F. The van der Waals surface area contributed by atoms with Gasteiger partial charge in [-0.1, -0.05) is 13.8 Å². The number of nitrogens with zero attached hydrogens (tertiary/aromatic N) is 1. The summed E-state index contributed by atoms with van der Waals surface area (Å²) in [4.78, 5) is 0. The van der Waals surface area contributed by atoms with E-state index in [9.17, 15) is 4.39 Å². The highest BCUT2D eigenvalue weighted by Gasteiger charge is 2.04. The number of hydrogen-bond acceptors (Lipinski definition) is 2. The molecule has 0 aliphatic rings. The van der Waals surface area contributed by atoms with Gasteiger partial charge in [0.1, 0.15) is 5.82 Å². The molecule has 0 saturated heterocycles. The Labute approximate surface area is 95.7 Å². The fourth-order valence-electron chi connectivity index (χ4n) is 1.26. The Balaban J connectivity index is 2.50. The summed E-state index contributed by atoms with van der Waals surface area (Å²) in [5, 5.41) is 8.68. The lowest BCUT2D eigenvalue weighted by atomic mass is 10.1. The third-order valence-electron chi connectivity index (χ3n) is 2.27. The van der Waals surface area contributed by atoms with Gasteiger partial charge in [0.2, 0.25) is 0 Å². The van der Waals surface area contributed by atoms with Crippen LogP contribution in [0.3, 0.4) is 0 Å². The molecule has 0 heterocycles. The van der Waals surface area contributed by atoms with Crippen LogP contribution in [0.15, 0.2) is 18.2 Å². The van der Waals surface area contributed by atoms with Gasteiger partial charge in [0, 0.05) is 12.2 Å². The van der Waals surface area contributed by atoms with Gasteiger partial charge in [0.05, 0.1) is 18.2 Å². The van der Waals surface area contributed by atoms with Gasteiger partial charge in [-0.15, -0.1) is 0 Å². The quantitative estimate of drug-likeness (QED) is 0.715. The summed E-state index contributed by atoms with van der Waals surface area (Å²) in [5.74, 6) is 0.263. The second kappa shape index (κ2) is 6.24. The lowest BCUT2D eigenvalue weighted by Crippen LogP contribution is -2.01. The normalized spacial score (nSPS) is 10.4. The van der Waals surface area contributed by atoms with Crippen LogP contribution < -0.4 is 0 Å². The van der Waals surface area contributed by atoms with Crippen molar-refractivity contribution in [2.75, 3.05) is 6.61 Å². The molecule has 1 aromatic carbocycles. The maximum Gasteiger partial charge on any atom is 0.128 e. The minimum Gasteiger partial charge on any atom is -0.377 e. The third kappa shape index (κ3) is 4.00. The Kier molecular flexibility index (Phi) is 4.94. The van der Waals surface area contributed by atoms with Crippen molar-refractivity contribution in [3.05, 3.63) is 35.1 Å². The van der Waals surface area contributed by atoms with Crippen LogP contribution in [0.1, 0.15) is 31.4 Å². The maximum absolute atomic E-state index is 13.3. The van der Waals surface area contributed by atoms with Gasteiger partial charge < -0.3 is 4.74 Å². The van der Waals surface area contributed by atoms with E-state index in [1.54, 1.807) is 0 Å². The minimum absolute atomic E-state index is 0.230. The van der Waals surface area contributed by atoms with Gasteiger partial charge in [-0.2, -0.15) is 5.26 Å². The van der Waals surface area contributed by atoms with Crippen LogP contribution in [0.4, 0.5) is 4.39 Å². The highest BCUT2D eigenvalue weighted by atomic mass is 19.1. The molecule has 0 fully saturated rings. The molecule has 86 valence electrons. The second-order valence-corrected chi connectivity index (χ2v) is 4.15. The number of nitriles is 1. The summed E-state index contributed by atoms with van der Waals surface area (Å²) < 4.78 is 18.7. The summed E-state index contributed by atoms with van der Waals surface area (Å²) in [6.07, 6.45) is 0.958. The number of hydrogen-bond donors (Lipinski definition) is 0. The zero-order valence-corrected chi connectivity index (χ0v) is 9.66. The Hall–Kier alpha value is -1.40. The first-order chi connectivity index (χ1) is 7.63. The topological polar surface area (TPSA) is 33.0 Å². The number of rotatable bonds is 5. The molecule has 0 amide bonds. The molecule has 0 atom stereocenters. The van der Waals surface area contributed by atoms with E-state index in [1.807, 2.05) is 6.07 Å². The van der Waals surface area contributed by atoms with E-state index in [4.69, 9.17) is 10.00 Å². The number of ether oxygens (including phenoxy) is 1. The van der Waals surface area contributed by atoms with Gasteiger partial charge in [-0.25, -0.2) is 4.39 Å². The lowest BCUT2D eigenvalue weighted by Gasteiger charge is -2.07. The molecule has 0 aliphatic carbocycles. The molecule has 0 saturated carbocycles. The molecule has 0 radical (unpaired) electrons. The van der Waals surface area contributed by atoms with E-state index in [0.717, 1.165) is 6.42 Å². The largest absolute Gasteiger partial charge is 0.377 e. The van der Waals surface area contributed by atoms with E-state index in [1.165, 1.54) is 18.2 Å². The zero-order valence-electron chi connectivity index (χ0n) is 9.66. The van der Waals surface area contributed by atoms with E-state index in [-0.39, 0.29) is 12.4 Å². The summed E-state index contributed by atoms with van der Waals surface area (Å²) >= 11 is 0. The van der Waals surface area contributed by atoms with Crippen LogP contribution in [-0.4, -0.2) is 6.61 Å². The fraction of sp³-hybridized carbons (Fsp3) is 0.462. The molecule has 0 N–H and O–H groups in total. The van der Waals surface area contributed by atoms with Crippen LogP contribution in [-0.2, 0) is 11.3 Å². The van der Waals surface area contributed by atoms with Gasteiger partial charge >= 0.3 is 0 Å². The Morgan fingerprint density at radius 2 is 2.19 bits per heavy atom. The van der Waals surface area contributed by atoms with E-state index in [0.29, 0.717) is 23.7 Å². The molecule has 3 heteroatoms. The van der Waals surface area contributed by atoms with E-state index < -0.39 is 0 Å². The molecule has 0 bridgehead atoms. The first kappa shape index (κ1) is 12.7. The van der Waals surface area contributed by atoms with E-state index in [2.05, 4.69) is 13.8 Å². The maximum atomic E-state index is 13.3. The highest BCUT2D eigenvalue weighted by Crippen LogP contribution is 2.11. The van der Waals surface area contributed by atoms with Crippen molar-refractivity contribution in [3.8, 4) is 6.07 Å². The number of benzene rings is 1. The predicted molar refractivity (Wildman–Crippen MR) is 60.2 cm³/mol. The summed E-state index contributed by atoms with van der Waals surface area (Å²) in [7, 11) is 0. The van der Waals surface area contributed by atoms with Gasteiger partial charge in [-0.3, -0.25) is 0 Å². The standard InChI is InChI=1S/C13H16FNO/c1-10(2)5-6-16-9-12-7-11(8-15)3-4-13(12)14/h3-4,7,10H,5-6,9H2,1-2H3. The fourth-order valence-corrected chi connectivity index (χ4v) is 1.26. The molecular weight excluding hydrogens is 205 g/mol. The second-order valence-electron chi connectivity index (χ2n) is 4.15. The van der Waals surface area contributed by atoms with Crippen molar-refractivity contribution in [2.24, 2.45) is 5.92 Å². The van der Waals surface area contributed by atoms with Gasteiger partial charge in [0.25, 0.3) is 0 Å². The predicted octanol–water partition coefficient (Wildman–Crippen LogP) is 3.26. The van der Waals surface area contributed by atoms with Crippen molar-refractivity contribution in [1.29, 1.82) is 5.26 Å². The van der Waals surface area contributed by atoms with Crippen LogP contribution >= 0.6 is 0 Å². The molecule has 16 heavy (non-hydrogen) atoms. The molecule has 2 nitrogen and oxygen atoms in total. The monoisotopic (exact) mass is 221 g/mol. The van der Waals surface area contributed by atoms with Gasteiger partial charge in [0.15, 0.2) is 0 Å². The summed E-state index contributed by atoms with van der Waals surface area (Å²) in [6, 6.07) is 6.28. The van der Waals surface area contributed by atoms with Crippen LogP contribution in [0, 0.1) is 23.1 Å².